The first-order valence-electron chi connectivity index (χ1n) is 5.38. The molecule has 82 valence electrons. The van der Waals surface area contributed by atoms with Gasteiger partial charge in [-0.05, 0) is 18.2 Å². The second-order valence-corrected chi connectivity index (χ2v) is 3.82. The molecule has 0 aliphatic rings. The lowest BCUT2D eigenvalue weighted by Gasteiger charge is -2.02. The molecule has 0 aliphatic carbocycles. The van der Waals surface area contributed by atoms with E-state index in [9.17, 15) is 4.79 Å². The number of rotatable bonds is 1. The maximum absolute atomic E-state index is 11.2. The van der Waals surface area contributed by atoms with E-state index in [2.05, 4.69) is 9.97 Å². The van der Waals surface area contributed by atoms with Gasteiger partial charge in [0, 0.05) is 11.5 Å². The second kappa shape index (κ2) is 3.87. The van der Waals surface area contributed by atoms with Gasteiger partial charge in [0.2, 0.25) is 5.56 Å². The number of benzene rings is 1. The molecular formula is C14H10N2O. The predicted molar refractivity (Wildman–Crippen MR) is 67.8 cm³/mol. The number of nitrogens with one attached hydrogen (secondary N) is 1. The van der Waals surface area contributed by atoms with Crippen molar-refractivity contribution < 1.29 is 0 Å². The van der Waals surface area contributed by atoms with Crippen molar-refractivity contribution in [2.24, 2.45) is 0 Å². The Morgan fingerprint density at radius 3 is 2.65 bits per heavy atom. The minimum Gasteiger partial charge on any atom is -0.321 e. The van der Waals surface area contributed by atoms with Crippen LogP contribution in [-0.2, 0) is 0 Å². The van der Waals surface area contributed by atoms with Crippen molar-refractivity contribution in [2.45, 2.75) is 0 Å². The van der Waals surface area contributed by atoms with Crippen molar-refractivity contribution >= 4 is 10.9 Å². The van der Waals surface area contributed by atoms with Gasteiger partial charge in [-0.2, -0.15) is 0 Å². The van der Waals surface area contributed by atoms with E-state index in [0.717, 1.165) is 22.3 Å². The Balaban J connectivity index is 2.21. The fourth-order valence-electron chi connectivity index (χ4n) is 1.81. The molecular weight excluding hydrogens is 212 g/mol. The van der Waals surface area contributed by atoms with E-state index < -0.39 is 0 Å². The maximum Gasteiger partial charge on any atom is 0.248 e. The second-order valence-electron chi connectivity index (χ2n) is 3.82. The van der Waals surface area contributed by atoms with Crippen LogP contribution in [0.3, 0.4) is 0 Å². The molecule has 0 amide bonds. The highest BCUT2D eigenvalue weighted by molar-refractivity contribution is 5.80. The SMILES string of the molecule is O=c1cccc(-c2ccc3ccccc3n2)[nH]1. The summed E-state index contributed by atoms with van der Waals surface area (Å²) in [4.78, 5) is 18.5. The average Bonchev–Trinajstić information content (AvgIpc) is 2.38. The lowest BCUT2D eigenvalue weighted by Crippen LogP contribution is -2.04. The molecule has 2 aromatic heterocycles. The van der Waals surface area contributed by atoms with Gasteiger partial charge in [-0.3, -0.25) is 4.79 Å². The molecule has 0 fully saturated rings. The van der Waals surface area contributed by atoms with Crippen LogP contribution < -0.4 is 5.56 Å². The highest BCUT2D eigenvalue weighted by atomic mass is 16.1. The quantitative estimate of drug-likeness (QED) is 0.687. The summed E-state index contributed by atoms with van der Waals surface area (Å²) in [6, 6.07) is 16.9. The molecule has 17 heavy (non-hydrogen) atoms. The minimum atomic E-state index is -0.113. The fraction of sp³-hybridized carbons (Fsp3) is 0. The van der Waals surface area contributed by atoms with Crippen LogP contribution in [0.5, 0.6) is 0 Å². The van der Waals surface area contributed by atoms with Crippen molar-refractivity contribution in [1.29, 1.82) is 0 Å². The van der Waals surface area contributed by atoms with Crippen molar-refractivity contribution in [3.05, 3.63) is 65.0 Å². The third-order valence-corrected chi connectivity index (χ3v) is 2.64. The van der Waals surface area contributed by atoms with Gasteiger partial charge in [0.1, 0.15) is 0 Å². The third-order valence-electron chi connectivity index (χ3n) is 2.64. The van der Waals surface area contributed by atoms with Crippen LogP contribution in [0.4, 0.5) is 0 Å². The van der Waals surface area contributed by atoms with Crippen LogP contribution in [0, 0.1) is 0 Å². The largest absolute Gasteiger partial charge is 0.321 e. The van der Waals surface area contributed by atoms with Gasteiger partial charge in [0.15, 0.2) is 0 Å². The van der Waals surface area contributed by atoms with Crippen molar-refractivity contribution in [1.82, 2.24) is 9.97 Å². The van der Waals surface area contributed by atoms with E-state index in [1.54, 1.807) is 6.07 Å². The Labute approximate surface area is 97.8 Å². The average molecular weight is 222 g/mol. The molecule has 0 unspecified atom stereocenters. The Kier molecular flexibility index (Phi) is 2.22. The van der Waals surface area contributed by atoms with Crippen LogP contribution in [0.1, 0.15) is 0 Å². The summed E-state index contributed by atoms with van der Waals surface area (Å²) < 4.78 is 0. The summed E-state index contributed by atoms with van der Waals surface area (Å²) in [6.45, 7) is 0. The summed E-state index contributed by atoms with van der Waals surface area (Å²) in [6.07, 6.45) is 0. The summed E-state index contributed by atoms with van der Waals surface area (Å²) in [5, 5.41) is 1.09. The van der Waals surface area contributed by atoms with E-state index in [0.29, 0.717) is 0 Å². The van der Waals surface area contributed by atoms with Crippen LogP contribution in [0.2, 0.25) is 0 Å². The standard InChI is InChI=1S/C14H10N2O/c17-14-7-3-6-12(16-14)13-9-8-10-4-1-2-5-11(10)15-13/h1-9H,(H,16,17). The number of nitrogens with zero attached hydrogens (tertiary/aromatic N) is 1. The van der Waals surface area contributed by atoms with E-state index >= 15 is 0 Å². The van der Waals surface area contributed by atoms with Crippen molar-refractivity contribution in [3.8, 4) is 11.4 Å². The van der Waals surface area contributed by atoms with Crippen molar-refractivity contribution in [3.63, 3.8) is 0 Å². The van der Waals surface area contributed by atoms with E-state index in [4.69, 9.17) is 0 Å². The Morgan fingerprint density at radius 2 is 1.76 bits per heavy atom. The lowest BCUT2D eigenvalue weighted by atomic mass is 10.2. The normalized spacial score (nSPS) is 10.6. The first kappa shape index (κ1) is 9.78. The summed E-state index contributed by atoms with van der Waals surface area (Å²) in [5.41, 5.74) is 2.33. The number of hydrogen-bond acceptors (Lipinski definition) is 2. The smallest absolute Gasteiger partial charge is 0.248 e. The zero-order valence-electron chi connectivity index (χ0n) is 9.05. The molecule has 3 rings (SSSR count). The molecule has 0 saturated heterocycles. The monoisotopic (exact) mass is 222 g/mol. The number of aromatic nitrogens is 2. The first-order chi connectivity index (χ1) is 8.33. The number of H-pyrrole nitrogens is 1. The third kappa shape index (κ3) is 1.83. The Hall–Kier alpha value is -2.42. The van der Waals surface area contributed by atoms with Gasteiger partial charge < -0.3 is 4.98 Å². The molecule has 0 spiro atoms. The van der Waals surface area contributed by atoms with Gasteiger partial charge in [-0.15, -0.1) is 0 Å². The highest BCUT2D eigenvalue weighted by Gasteiger charge is 2.01. The molecule has 0 saturated carbocycles. The van der Waals surface area contributed by atoms with Gasteiger partial charge in [0.05, 0.1) is 16.9 Å². The predicted octanol–water partition coefficient (Wildman–Crippen LogP) is 2.59. The molecule has 3 heteroatoms. The topological polar surface area (TPSA) is 45.8 Å². The van der Waals surface area contributed by atoms with Crippen LogP contribution in [0.25, 0.3) is 22.3 Å². The van der Waals surface area contributed by atoms with Crippen LogP contribution >= 0.6 is 0 Å². The number of hydrogen-bond donors (Lipinski definition) is 1. The molecule has 1 N–H and O–H groups in total. The summed E-state index contributed by atoms with van der Waals surface area (Å²) >= 11 is 0. The zero-order valence-corrected chi connectivity index (χ0v) is 9.05. The van der Waals surface area contributed by atoms with E-state index in [-0.39, 0.29) is 5.56 Å². The summed E-state index contributed by atoms with van der Waals surface area (Å²) in [7, 11) is 0. The summed E-state index contributed by atoms with van der Waals surface area (Å²) in [5.74, 6) is 0. The molecule has 3 aromatic rings. The van der Waals surface area contributed by atoms with Crippen molar-refractivity contribution in [2.75, 3.05) is 0 Å². The van der Waals surface area contributed by atoms with E-state index in [1.807, 2.05) is 42.5 Å². The molecule has 3 nitrogen and oxygen atoms in total. The molecule has 0 radical (unpaired) electrons. The van der Waals surface area contributed by atoms with Gasteiger partial charge >= 0.3 is 0 Å². The van der Waals surface area contributed by atoms with Gasteiger partial charge in [-0.1, -0.05) is 30.3 Å². The molecule has 1 aromatic carbocycles. The fourth-order valence-corrected chi connectivity index (χ4v) is 1.81. The van der Waals surface area contributed by atoms with E-state index in [1.165, 1.54) is 6.07 Å². The highest BCUT2D eigenvalue weighted by Crippen LogP contribution is 2.17. The molecule has 0 bridgehead atoms. The molecule has 0 atom stereocenters. The lowest BCUT2D eigenvalue weighted by molar-refractivity contribution is 1.21. The number of para-hydroxylation sites is 1. The van der Waals surface area contributed by atoms with Crippen LogP contribution in [-0.4, -0.2) is 9.97 Å². The van der Waals surface area contributed by atoms with Gasteiger partial charge in [0.25, 0.3) is 0 Å². The number of fused-ring (bicyclic) bond motifs is 1. The number of pyridine rings is 2. The maximum atomic E-state index is 11.2. The zero-order chi connectivity index (χ0) is 11.7. The Morgan fingerprint density at radius 1 is 0.882 bits per heavy atom. The number of aromatic amines is 1. The van der Waals surface area contributed by atoms with Gasteiger partial charge in [-0.25, -0.2) is 4.98 Å². The first-order valence-corrected chi connectivity index (χ1v) is 5.38. The Bertz CT molecular complexity index is 731. The minimum absolute atomic E-state index is 0.113. The molecule has 0 aliphatic heterocycles. The van der Waals surface area contributed by atoms with Crippen LogP contribution in [0.15, 0.2) is 59.4 Å². The molecule has 2 heterocycles.